The van der Waals surface area contributed by atoms with Crippen molar-refractivity contribution in [2.75, 3.05) is 0 Å². The maximum atomic E-state index is 10.7. The van der Waals surface area contributed by atoms with E-state index in [2.05, 4.69) is 0 Å². The Morgan fingerprint density at radius 2 is 2.29 bits per heavy atom. The summed E-state index contributed by atoms with van der Waals surface area (Å²) in [5, 5.41) is 8.78. The van der Waals surface area contributed by atoms with Gasteiger partial charge in [-0.15, -0.1) is 0 Å². The van der Waals surface area contributed by atoms with Gasteiger partial charge in [-0.3, -0.25) is 0 Å². The van der Waals surface area contributed by atoms with Crippen LogP contribution in [0.3, 0.4) is 0 Å². The normalized spacial score (nSPS) is 9.93. The minimum atomic E-state index is -0.929. The Hall–Kier alpha value is -0.930. The molecule has 0 bridgehead atoms. The fourth-order valence-corrected chi connectivity index (χ4v) is 1.28. The van der Waals surface area contributed by atoms with E-state index < -0.39 is 5.97 Å². The minimum absolute atomic E-state index is 0.176. The number of carboxylic acid groups (broad SMARTS) is 1. The van der Waals surface area contributed by atoms with Gasteiger partial charge >= 0.3 is 5.97 Å². The van der Waals surface area contributed by atoms with E-state index >= 15 is 0 Å². The van der Waals surface area contributed by atoms with E-state index in [1.54, 1.807) is 29.8 Å². The summed E-state index contributed by atoms with van der Waals surface area (Å²) in [6.07, 6.45) is 3.29. The van der Waals surface area contributed by atoms with Gasteiger partial charge in [-0.25, -0.2) is 4.79 Å². The van der Waals surface area contributed by atoms with E-state index in [9.17, 15) is 4.79 Å². The van der Waals surface area contributed by atoms with Crippen LogP contribution in [-0.4, -0.2) is 15.6 Å². The molecule has 0 radical (unpaired) electrons. The van der Waals surface area contributed by atoms with Gasteiger partial charge in [0, 0.05) is 18.4 Å². The fourth-order valence-electron chi connectivity index (χ4n) is 1.14. The zero-order valence-corrected chi connectivity index (χ0v) is 9.01. The predicted octanol–water partition coefficient (Wildman–Crippen LogP) is 2.81. The maximum absolute atomic E-state index is 10.7. The molecule has 0 saturated carbocycles. The van der Waals surface area contributed by atoms with E-state index in [4.69, 9.17) is 28.3 Å². The summed E-state index contributed by atoms with van der Waals surface area (Å²) in [6, 6.07) is 1.55. The van der Waals surface area contributed by atoms with E-state index in [1.165, 1.54) is 0 Å². The van der Waals surface area contributed by atoms with Gasteiger partial charge in [0.15, 0.2) is 0 Å². The zero-order chi connectivity index (χ0) is 10.7. The highest BCUT2D eigenvalue weighted by Crippen LogP contribution is 2.12. The number of aromatic nitrogens is 1. The third-order valence-electron chi connectivity index (χ3n) is 1.91. The lowest BCUT2D eigenvalue weighted by Gasteiger charge is -2.02. The average molecular weight is 234 g/mol. The fraction of sp³-hybridized carbons (Fsp3) is 0.222. The van der Waals surface area contributed by atoms with Crippen molar-refractivity contribution in [3.8, 4) is 0 Å². The molecule has 0 aromatic carbocycles. The summed E-state index contributed by atoms with van der Waals surface area (Å²) in [7, 11) is 0. The van der Waals surface area contributed by atoms with Gasteiger partial charge in [-0.2, -0.15) is 0 Å². The van der Waals surface area contributed by atoms with Crippen LogP contribution in [0.5, 0.6) is 0 Å². The van der Waals surface area contributed by atoms with E-state index in [-0.39, 0.29) is 4.49 Å². The molecule has 0 amide bonds. The quantitative estimate of drug-likeness (QED) is 0.873. The van der Waals surface area contributed by atoms with Gasteiger partial charge in [-0.05, 0) is 19.1 Å². The second-order valence-electron chi connectivity index (χ2n) is 2.77. The third kappa shape index (κ3) is 2.53. The van der Waals surface area contributed by atoms with Crippen LogP contribution in [0.4, 0.5) is 0 Å². The molecule has 0 aliphatic rings. The summed E-state index contributed by atoms with van der Waals surface area (Å²) >= 11 is 10.9. The van der Waals surface area contributed by atoms with Crippen LogP contribution in [0.1, 0.15) is 16.1 Å². The maximum Gasteiger partial charge on any atom is 0.337 e. The second-order valence-corrected chi connectivity index (χ2v) is 3.77. The molecule has 0 saturated heterocycles. The molecule has 0 unspecified atom stereocenters. The molecule has 0 atom stereocenters. The van der Waals surface area contributed by atoms with Gasteiger partial charge in [0.2, 0.25) is 0 Å². The zero-order valence-electron chi connectivity index (χ0n) is 7.50. The Labute approximate surface area is 91.5 Å². The monoisotopic (exact) mass is 233 g/mol. The highest BCUT2D eigenvalue weighted by Gasteiger charge is 2.09. The number of halogens is 2. The van der Waals surface area contributed by atoms with Gasteiger partial charge < -0.3 is 9.67 Å². The number of carboxylic acids is 1. The summed E-state index contributed by atoms with van der Waals surface area (Å²) in [5.41, 5.74) is 0.979. The number of rotatable bonds is 3. The van der Waals surface area contributed by atoms with Crippen molar-refractivity contribution in [1.82, 2.24) is 4.57 Å². The van der Waals surface area contributed by atoms with Gasteiger partial charge in [0.05, 0.1) is 5.56 Å². The van der Waals surface area contributed by atoms with Crippen molar-refractivity contribution >= 4 is 29.2 Å². The second kappa shape index (κ2) is 4.53. The first-order chi connectivity index (χ1) is 6.52. The molecule has 1 N–H and O–H groups in total. The van der Waals surface area contributed by atoms with Gasteiger partial charge in [0.25, 0.3) is 0 Å². The highest BCUT2D eigenvalue weighted by molar-refractivity contribution is 6.55. The first-order valence-electron chi connectivity index (χ1n) is 3.92. The molecule has 14 heavy (non-hydrogen) atoms. The Morgan fingerprint density at radius 3 is 2.71 bits per heavy atom. The molecular formula is C9H9Cl2NO2. The molecule has 0 fully saturated rings. The van der Waals surface area contributed by atoms with Crippen LogP contribution in [0.25, 0.3) is 0 Å². The molecule has 0 spiro atoms. The van der Waals surface area contributed by atoms with E-state index in [0.717, 1.165) is 0 Å². The van der Waals surface area contributed by atoms with Crippen molar-refractivity contribution in [3.63, 3.8) is 0 Å². The highest BCUT2D eigenvalue weighted by atomic mass is 35.5. The number of nitrogens with zero attached hydrogens (tertiary/aromatic N) is 1. The molecule has 0 aliphatic heterocycles. The first kappa shape index (κ1) is 11.1. The lowest BCUT2D eigenvalue weighted by Crippen LogP contribution is -2.01. The molecule has 1 aromatic heterocycles. The minimum Gasteiger partial charge on any atom is -0.478 e. The third-order valence-corrected chi connectivity index (χ3v) is 2.22. The number of aromatic carboxylic acids is 1. The summed E-state index contributed by atoms with van der Waals surface area (Å²) in [4.78, 5) is 10.7. The number of hydrogen-bond donors (Lipinski definition) is 1. The molecule has 0 aliphatic carbocycles. The molecule has 5 heteroatoms. The van der Waals surface area contributed by atoms with Crippen molar-refractivity contribution in [1.29, 1.82) is 0 Å². The first-order valence-corrected chi connectivity index (χ1v) is 4.68. The Kier molecular flexibility index (Phi) is 3.61. The largest absolute Gasteiger partial charge is 0.478 e. The Morgan fingerprint density at radius 1 is 1.64 bits per heavy atom. The number of hydrogen-bond acceptors (Lipinski definition) is 1. The van der Waals surface area contributed by atoms with Gasteiger partial charge in [0.1, 0.15) is 4.49 Å². The van der Waals surface area contributed by atoms with Crippen LogP contribution in [-0.2, 0) is 6.54 Å². The Bertz CT molecular complexity index is 378. The van der Waals surface area contributed by atoms with E-state index in [0.29, 0.717) is 17.8 Å². The summed E-state index contributed by atoms with van der Waals surface area (Å²) in [6.45, 7) is 2.21. The lowest BCUT2D eigenvalue weighted by atomic mass is 10.2. The topological polar surface area (TPSA) is 42.2 Å². The lowest BCUT2D eigenvalue weighted by molar-refractivity contribution is 0.0696. The molecule has 1 rings (SSSR count). The smallest absolute Gasteiger partial charge is 0.337 e. The van der Waals surface area contributed by atoms with Crippen LogP contribution in [0.2, 0.25) is 0 Å². The molecule has 76 valence electrons. The van der Waals surface area contributed by atoms with Crippen LogP contribution < -0.4 is 0 Å². The number of allylic oxidation sites excluding steroid dienone is 1. The van der Waals surface area contributed by atoms with Crippen LogP contribution >= 0.6 is 23.2 Å². The van der Waals surface area contributed by atoms with Crippen molar-refractivity contribution in [3.05, 3.63) is 34.1 Å². The molecule has 1 heterocycles. The Balaban J connectivity index is 2.90. The molecule has 1 aromatic rings. The van der Waals surface area contributed by atoms with Crippen molar-refractivity contribution in [2.24, 2.45) is 0 Å². The standard InChI is InChI=1S/C9H9Cl2NO2/c1-6-7(9(13)14)2-4-12(6)5-3-8(10)11/h2-4H,5H2,1H3,(H,13,14). The predicted molar refractivity (Wildman–Crippen MR) is 55.9 cm³/mol. The average Bonchev–Trinajstić information content (AvgIpc) is 2.43. The van der Waals surface area contributed by atoms with Crippen LogP contribution in [0, 0.1) is 6.92 Å². The number of carbonyl (C=O) groups is 1. The van der Waals surface area contributed by atoms with E-state index in [1.807, 2.05) is 0 Å². The molecular weight excluding hydrogens is 225 g/mol. The summed E-state index contributed by atoms with van der Waals surface area (Å²) < 4.78 is 1.93. The van der Waals surface area contributed by atoms with Gasteiger partial charge in [-0.1, -0.05) is 23.2 Å². The van der Waals surface area contributed by atoms with Crippen molar-refractivity contribution < 1.29 is 9.90 Å². The van der Waals surface area contributed by atoms with Crippen LogP contribution in [0.15, 0.2) is 22.8 Å². The SMILES string of the molecule is Cc1c(C(=O)O)ccn1CC=C(Cl)Cl. The molecule has 3 nitrogen and oxygen atoms in total. The summed E-state index contributed by atoms with van der Waals surface area (Å²) in [5.74, 6) is -0.929. The van der Waals surface area contributed by atoms with Crippen molar-refractivity contribution in [2.45, 2.75) is 13.5 Å².